The molecule has 0 aliphatic carbocycles. The first kappa shape index (κ1) is 25.6. The van der Waals surface area contributed by atoms with Crippen molar-refractivity contribution in [2.24, 2.45) is 10.1 Å². The van der Waals surface area contributed by atoms with Gasteiger partial charge in [0.05, 0.1) is 12.7 Å². The van der Waals surface area contributed by atoms with Crippen molar-refractivity contribution in [3.63, 3.8) is 0 Å². The van der Waals surface area contributed by atoms with Gasteiger partial charge in [0.25, 0.3) is 5.91 Å². The zero-order valence-corrected chi connectivity index (χ0v) is 20.4. The highest BCUT2D eigenvalue weighted by Gasteiger charge is 2.46. The van der Waals surface area contributed by atoms with Crippen molar-refractivity contribution >= 4 is 51.4 Å². The maximum absolute atomic E-state index is 13.0. The van der Waals surface area contributed by atoms with Gasteiger partial charge in [-0.1, -0.05) is 17.7 Å². The summed E-state index contributed by atoms with van der Waals surface area (Å²) in [5.41, 5.74) is 1.13. The Kier molecular flexibility index (Phi) is 7.27. The van der Waals surface area contributed by atoms with Crippen molar-refractivity contribution in [2.75, 3.05) is 20.3 Å². The molecule has 0 aromatic heterocycles. The van der Waals surface area contributed by atoms with E-state index in [1.165, 1.54) is 13.2 Å². The van der Waals surface area contributed by atoms with Crippen LogP contribution in [0.15, 0.2) is 52.1 Å². The minimum atomic E-state index is -4.71. The van der Waals surface area contributed by atoms with E-state index in [0.717, 1.165) is 5.56 Å². The van der Waals surface area contributed by atoms with Crippen molar-refractivity contribution in [1.82, 2.24) is 5.01 Å². The lowest BCUT2D eigenvalue weighted by molar-refractivity contribution is -0.114. The predicted octanol–water partition coefficient (Wildman–Crippen LogP) is 5.30. The molecule has 2 aliphatic rings. The van der Waals surface area contributed by atoms with E-state index in [-0.39, 0.29) is 35.7 Å². The number of halogens is 4. The third kappa shape index (κ3) is 5.49. The van der Waals surface area contributed by atoms with Gasteiger partial charge in [0.15, 0.2) is 17.3 Å². The van der Waals surface area contributed by atoms with E-state index < -0.39 is 23.0 Å². The maximum atomic E-state index is 13.0. The van der Waals surface area contributed by atoms with Crippen LogP contribution in [0.4, 0.5) is 13.2 Å². The predicted molar refractivity (Wildman–Crippen MR) is 131 cm³/mol. The van der Waals surface area contributed by atoms with Crippen LogP contribution in [0.25, 0.3) is 6.08 Å². The number of alkyl halides is 3. The number of aliphatic imine (C=N–C) groups is 1. The molecule has 0 unspecified atom stereocenters. The molecule has 0 fully saturated rings. The highest BCUT2D eigenvalue weighted by Crippen LogP contribution is 2.36. The van der Waals surface area contributed by atoms with Gasteiger partial charge in [-0.05, 0) is 66.2 Å². The Morgan fingerprint density at radius 2 is 1.89 bits per heavy atom. The average molecular weight is 539 g/mol. The first-order valence-corrected chi connectivity index (χ1v) is 11.5. The van der Waals surface area contributed by atoms with Crippen molar-refractivity contribution in [3.8, 4) is 17.2 Å². The molecule has 188 valence electrons. The van der Waals surface area contributed by atoms with Gasteiger partial charge in [0, 0.05) is 5.02 Å². The van der Waals surface area contributed by atoms with Crippen LogP contribution < -0.4 is 14.2 Å². The monoisotopic (exact) mass is 538 g/mol. The number of carbonyl (C=O) groups is 1. The number of fused-ring (bicyclic) bond motifs is 1. The molecule has 0 bridgehead atoms. The summed E-state index contributed by atoms with van der Waals surface area (Å²) in [6.07, 6.45) is -3.38. The van der Waals surface area contributed by atoms with E-state index >= 15 is 0 Å². The van der Waals surface area contributed by atoms with Crippen molar-refractivity contribution < 1.29 is 32.2 Å². The molecule has 0 saturated heterocycles. The summed E-state index contributed by atoms with van der Waals surface area (Å²) in [6, 6.07) is 10.1. The number of rotatable bonds is 7. The van der Waals surface area contributed by atoms with Gasteiger partial charge in [0.1, 0.15) is 19.0 Å². The molecule has 13 heteroatoms. The van der Waals surface area contributed by atoms with Crippen LogP contribution in [0.1, 0.15) is 11.1 Å². The molecule has 1 N–H and O–H groups in total. The lowest BCUT2D eigenvalue weighted by Crippen LogP contribution is -2.35. The number of hydrogen-bond donors (Lipinski definition) is 1. The number of thioether (sulfide) groups is 1. The minimum absolute atomic E-state index is 0.194. The molecular formula is C23H18ClF3N4O4S. The Hall–Kier alpha value is -3.51. The average Bonchev–Trinajstić information content (AvgIpc) is 3.27. The number of methoxy groups -OCH3 is 1. The van der Waals surface area contributed by atoms with Gasteiger partial charge in [-0.15, -0.1) is 0 Å². The normalized spacial score (nSPS) is 16.6. The van der Waals surface area contributed by atoms with Crippen LogP contribution in [0.5, 0.6) is 17.2 Å². The van der Waals surface area contributed by atoms with Gasteiger partial charge < -0.3 is 14.2 Å². The topological polar surface area (TPSA) is 96.6 Å². The third-order valence-corrected chi connectivity index (χ3v) is 6.31. The van der Waals surface area contributed by atoms with E-state index in [2.05, 4.69) is 10.1 Å². The second-order valence-electron chi connectivity index (χ2n) is 7.44. The lowest BCUT2D eigenvalue weighted by atomic mass is 10.1. The molecule has 0 saturated carbocycles. The number of amidine groups is 2. The number of aryl methyl sites for hydroxylation is 1. The molecule has 0 atom stereocenters. The zero-order chi connectivity index (χ0) is 26.0. The number of nitrogens with one attached hydrogen (secondary N) is 1. The molecule has 0 radical (unpaired) electrons. The summed E-state index contributed by atoms with van der Waals surface area (Å²) in [5, 5.41) is 11.4. The van der Waals surface area contributed by atoms with E-state index in [1.807, 2.05) is 13.0 Å². The Morgan fingerprint density at radius 1 is 1.14 bits per heavy atom. The molecule has 2 aromatic rings. The van der Waals surface area contributed by atoms with Gasteiger partial charge >= 0.3 is 6.18 Å². The van der Waals surface area contributed by atoms with E-state index in [4.69, 9.17) is 31.2 Å². The van der Waals surface area contributed by atoms with Gasteiger partial charge in [0.2, 0.25) is 10.2 Å². The fraction of sp³-hybridized carbons (Fsp3) is 0.217. The third-order valence-electron chi connectivity index (χ3n) is 4.93. The highest BCUT2D eigenvalue weighted by molar-refractivity contribution is 8.27. The summed E-state index contributed by atoms with van der Waals surface area (Å²) in [4.78, 5) is 16.1. The molecule has 2 aliphatic heterocycles. The van der Waals surface area contributed by atoms with Crippen molar-refractivity contribution in [3.05, 3.63) is 58.1 Å². The number of nitrogens with zero attached hydrogens (tertiary/aromatic N) is 3. The first-order chi connectivity index (χ1) is 17.1. The van der Waals surface area contributed by atoms with Gasteiger partial charge in [-0.25, -0.2) is 0 Å². The number of hydrazone groups is 1. The largest absolute Gasteiger partial charge is 0.493 e. The minimum Gasteiger partial charge on any atom is -0.493 e. The number of benzene rings is 2. The molecule has 2 heterocycles. The highest BCUT2D eigenvalue weighted by atomic mass is 35.5. The number of amides is 1. The first-order valence-electron chi connectivity index (χ1n) is 10.3. The van der Waals surface area contributed by atoms with Gasteiger partial charge in [-0.2, -0.15) is 28.3 Å². The summed E-state index contributed by atoms with van der Waals surface area (Å²) < 4.78 is 55.7. The van der Waals surface area contributed by atoms with Crippen LogP contribution in [0, 0.1) is 12.3 Å². The van der Waals surface area contributed by atoms with Gasteiger partial charge in [-0.3, -0.25) is 10.2 Å². The van der Waals surface area contributed by atoms with Crippen LogP contribution in [0.2, 0.25) is 5.02 Å². The fourth-order valence-electron chi connectivity index (χ4n) is 3.18. The van der Waals surface area contributed by atoms with E-state index in [0.29, 0.717) is 32.8 Å². The number of ether oxygens (including phenoxy) is 3. The fourth-order valence-corrected chi connectivity index (χ4v) is 4.06. The molecule has 2 aromatic carbocycles. The summed E-state index contributed by atoms with van der Waals surface area (Å²) in [7, 11) is 1.44. The van der Waals surface area contributed by atoms with Crippen LogP contribution in [0.3, 0.4) is 0 Å². The number of carbonyl (C=O) groups excluding carboxylic acids is 1. The Balaban J connectivity index is 1.45. The van der Waals surface area contributed by atoms with Crippen LogP contribution in [-0.4, -0.2) is 53.5 Å². The lowest BCUT2D eigenvalue weighted by Gasteiger charge is -2.20. The Morgan fingerprint density at radius 3 is 2.58 bits per heavy atom. The summed E-state index contributed by atoms with van der Waals surface area (Å²) >= 11 is 6.20. The summed E-state index contributed by atoms with van der Waals surface area (Å²) in [5.74, 6) is 0.0656. The molecular weight excluding hydrogens is 521 g/mol. The smallest absolute Gasteiger partial charge is 0.441 e. The standard InChI is InChI=1S/C23H18ClF3N4O4S/c1-12-9-14(4-5-16(12)24)34-7-8-35-17-6-3-13(11-18(17)33-2)10-15-19(28)31-22(29-20(15)32)36-21(30-31)23(25,26)27/h3-6,9-11,28H,7-8H2,1-2H3/b15-10+,28-19?. The molecule has 4 rings (SSSR count). The Labute approximate surface area is 212 Å². The molecule has 1 amide bonds. The summed E-state index contributed by atoms with van der Waals surface area (Å²) in [6.45, 7) is 2.35. The van der Waals surface area contributed by atoms with E-state index in [9.17, 15) is 18.0 Å². The van der Waals surface area contributed by atoms with E-state index in [1.54, 1.807) is 30.3 Å². The quantitative estimate of drug-likeness (QED) is 0.380. The number of hydrogen-bond acceptors (Lipinski definition) is 7. The second kappa shape index (κ2) is 10.2. The maximum Gasteiger partial charge on any atom is 0.441 e. The molecule has 8 nitrogen and oxygen atoms in total. The van der Waals surface area contributed by atoms with Crippen LogP contribution >= 0.6 is 23.4 Å². The molecule has 0 spiro atoms. The molecule has 36 heavy (non-hydrogen) atoms. The second-order valence-corrected chi connectivity index (χ2v) is 8.80. The Bertz CT molecular complexity index is 1330. The SMILES string of the molecule is COc1cc(/C=C2\C(=N)N3N=C(C(F)(F)F)SC3=NC2=O)ccc1OCCOc1ccc(Cl)c(C)c1. The zero-order valence-electron chi connectivity index (χ0n) is 18.9. The van der Waals surface area contributed by atoms with Crippen molar-refractivity contribution in [2.45, 2.75) is 13.1 Å². The van der Waals surface area contributed by atoms with Crippen molar-refractivity contribution in [1.29, 1.82) is 5.41 Å². The van der Waals surface area contributed by atoms with Crippen LogP contribution in [-0.2, 0) is 4.79 Å².